The first kappa shape index (κ1) is 11.7. The monoisotopic (exact) mass is 242 g/mol. The van der Waals surface area contributed by atoms with Gasteiger partial charge in [0.05, 0.1) is 0 Å². The molecule has 0 saturated carbocycles. The van der Waals surface area contributed by atoms with Gasteiger partial charge in [-0.2, -0.15) is 0 Å². The van der Waals surface area contributed by atoms with E-state index in [1.54, 1.807) is 17.4 Å². The van der Waals surface area contributed by atoms with Crippen LogP contribution in [0.25, 0.3) is 12.2 Å². The van der Waals surface area contributed by atoms with Crippen molar-refractivity contribution in [3.8, 4) is 5.75 Å². The molecular weight excluding hydrogens is 228 g/mol. The summed E-state index contributed by atoms with van der Waals surface area (Å²) in [7, 11) is 0. The van der Waals surface area contributed by atoms with Crippen LogP contribution in [0.3, 0.4) is 0 Å². The number of thiophene rings is 1. The third kappa shape index (κ3) is 2.66. The van der Waals surface area contributed by atoms with Crippen molar-refractivity contribution >= 4 is 23.5 Å². The van der Waals surface area contributed by atoms with Crippen LogP contribution < -0.4 is 4.74 Å². The number of rotatable bonds is 5. The highest BCUT2D eigenvalue weighted by Gasteiger charge is 2.04. The van der Waals surface area contributed by atoms with Gasteiger partial charge in [0.2, 0.25) is 0 Å². The molecule has 0 amide bonds. The van der Waals surface area contributed by atoms with Gasteiger partial charge in [-0.25, -0.2) is 0 Å². The number of ether oxygens (including phenoxy) is 1. The summed E-state index contributed by atoms with van der Waals surface area (Å²) in [6.45, 7) is 8.21. The van der Waals surface area contributed by atoms with Crippen LogP contribution in [0.4, 0.5) is 0 Å². The van der Waals surface area contributed by atoms with Gasteiger partial charge in [-0.15, -0.1) is 11.3 Å². The van der Waals surface area contributed by atoms with E-state index in [-0.39, 0.29) is 0 Å². The van der Waals surface area contributed by atoms with E-state index in [0.717, 1.165) is 16.9 Å². The molecule has 2 aromatic rings. The van der Waals surface area contributed by atoms with Gasteiger partial charge in [0.1, 0.15) is 12.4 Å². The van der Waals surface area contributed by atoms with Gasteiger partial charge in [0.15, 0.2) is 0 Å². The van der Waals surface area contributed by atoms with Gasteiger partial charge < -0.3 is 4.74 Å². The minimum absolute atomic E-state index is 0.596. The first-order valence-electron chi connectivity index (χ1n) is 5.38. The lowest BCUT2D eigenvalue weighted by atomic mass is 10.1. The molecule has 1 nitrogen and oxygen atoms in total. The molecule has 2 rings (SSSR count). The topological polar surface area (TPSA) is 9.23 Å². The molecule has 0 unspecified atom stereocenters. The van der Waals surface area contributed by atoms with E-state index in [9.17, 15) is 0 Å². The smallest absolute Gasteiger partial charge is 0.127 e. The number of hydrogen-bond acceptors (Lipinski definition) is 2. The minimum atomic E-state index is 0.596. The zero-order chi connectivity index (χ0) is 12.1. The van der Waals surface area contributed by atoms with Crippen LogP contribution in [0, 0.1) is 0 Å². The third-order valence-corrected chi connectivity index (χ3v) is 3.32. The highest BCUT2D eigenvalue weighted by molar-refractivity contribution is 7.09. The van der Waals surface area contributed by atoms with Crippen LogP contribution in [0.15, 0.2) is 48.9 Å². The molecule has 0 atom stereocenters. The predicted octanol–water partition coefficient (Wildman–Crippen LogP) is 4.61. The van der Waals surface area contributed by atoms with Gasteiger partial charge in [-0.3, -0.25) is 0 Å². The molecule has 17 heavy (non-hydrogen) atoms. The molecule has 1 aromatic carbocycles. The zero-order valence-corrected chi connectivity index (χ0v) is 10.4. The summed E-state index contributed by atoms with van der Waals surface area (Å²) < 4.78 is 5.81. The van der Waals surface area contributed by atoms with E-state index in [2.05, 4.69) is 19.2 Å². The largest absolute Gasteiger partial charge is 0.487 e. The second kappa shape index (κ2) is 5.51. The van der Waals surface area contributed by atoms with Gasteiger partial charge in [0.25, 0.3) is 0 Å². The lowest BCUT2D eigenvalue weighted by Crippen LogP contribution is -1.96. The summed E-state index contributed by atoms with van der Waals surface area (Å²) in [4.78, 5) is 1.21. The molecule has 0 N–H and O–H groups in total. The Hall–Kier alpha value is -1.80. The second-order valence-corrected chi connectivity index (χ2v) is 4.57. The highest BCUT2D eigenvalue weighted by atomic mass is 32.1. The quantitative estimate of drug-likeness (QED) is 0.743. The van der Waals surface area contributed by atoms with Crippen LogP contribution >= 0.6 is 11.3 Å². The van der Waals surface area contributed by atoms with E-state index in [1.165, 1.54) is 4.88 Å². The van der Waals surface area contributed by atoms with E-state index in [0.29, 0.717) is 6.61 Å². The van der Waals surface area contributed by atoms with Crippen LogP contribution in [0.1, 0.15) is 16.0 Å². The van der Waals surface area contributed by atoms with Crippen molar-refractivity contribution in [2.45, 2.75) is 6.61 Å². The molecule has 0 spiro atoms. The van der Waals surface area contributed by atoms with Gasteiger partial charge in [-0.1, -0.05) is 43.5 Å². The maximum Gasteiger partial charge on any atom is 0.127 e. The van der Waals surface area contributed by atoms with Crippen LogP contribution in [-0.4, -0.2) is 0 Å². The van der Waals surface area contributed by atoms with E-state index >= 15 is 0 Å². The normalized spacial score (nSPS) is 9.88. The summed E-state index contributed by atoms with van der Waals surface area (Å²) >= 11 is 1.69. The summed E-state index contributed by atoms with van der Waals surface area (Å²) in [5.74, 6) is 0.853. The van der Waals surface area contributed by atoms with Gasteiger partial charge in [-0.05, 0) is 23.1 Å². The fourth-order valence-electron chi connectivity index (χ4n) is 1.63. The van der Waals surface area contributed by atoms with E-state index in [1.807, 2.05) is 35.7 Å². The molecular formula is C15H14OS. The average molecular weight is 242 g/mol. The summed E-state index contributed by atoms with van der Waals surface area (Å²) in [6.07, 6.45) is 3.62. The van der Waals surface area contributed by atoms with Crippen molar-refractivity contribution in [2.75, 3.05) is 0 Å². The number of benzene rings is 1. The lowest BCUT2D eigenvalue weighted by Gasteiger charge is -2.10. The SMILES string of the molecule is C=Cc1cccc(OCc2cccs2)c1C=C. The summed E-state index contributed by atoms with van der Waals surface area (Å²) in [5, 5.41) is 2.05. The van der Waals surface area contributed by atoms with Crippen LogP contribution in [0.2, 0.25) is 0 Å². The van der Waals surface area contributed by atoms with Crippen molar-refractivity contribution in [1.82, 2.24) is 0 Å². The Morgan fingerprint density at radius 2 is 2.00 bits per heavy atom. The standard InChI is InChI=1S/C15H14OS/c1-3-12-7-5-9-15(14(12)4-2)16-11-13-8-6-10-17-13/h3-10H,1-2,11H2. The van der Waals surface area contributed by atoms with Gasteiger partial charge >= 0.3 is 0 Å². The molecule has 1 heterocycles. The van der Waals surface area contributed by atoms with Crippen LogP contribution in [0.5, 0.6) is 5.75 Å². The fourth-order valence-corrected chi connectivity index (χ4v) is 2.24. The maximum atomic E-state index is 5.81. The van der Waals surface area contributed by atoms with Gasteiger partial charge in [0, 0.05) is 10.4 Å². The predicted molar refractivity (Wildman–Crippen MR) is 75.3 cm³/mol. The van der Waals surface area contributed by atoms with E-state index in [4.69, 9.17) is 4.74 Å². The zero-order valence-electron chi connectivity index (χ0n) is 9.56. The maximum absolute atomic E-state index is 5.81. The molecule has 0 radical (unpaired) electrons. The second-order valence-electron chi connectivity index (χ2n) is 3.54. The molecule has 2 heteroatoms. The van der Waals surface area contributed by atoms with E-state index < -0.39 is 0 Å². The average Bonchev–Trinajstić information content (AvgIpc) is 2.88. The Morgan fingerprint density at radius 1 is 1.12 bits per heavy atom. The summed E-state index contributed by atoms with van der Waals surface area (Å²) in [5.41, 5.74) is 2.04. The summed E-state index contributed by atoms with van der Waals surface area (Å²) in [6, 6.07) is 10.0. The van der Waals surface area contributed by atoms with Crippen molar-refractivity contribution < 1.29 is 4.74 Å². The molecule has 0 saturated heterocycles. The van der Waals surface area contributed by atoms with Crippen molar-refractivity contribution in [3.05, 3.63) is 64.9 Å². The molecule has 1 aromatic heterocycles. The Balaban J connectivity index is 2.20. The minimum Gasteiger partial charge on any atom is -0.487 e. The van der Waals surface area contributed by atoms with Crippen LogP contribution in [-0.2, 0) is 6.61 Å². The molecule has 86 valence electrons. The first-order chi connectivity index (χ1) is 8.35. The van der Waals surface area contributed by atoms with Crippen molar-refractivity contribution in [1.29, 1.82) is 0 Å². The molecule has 0 aliphatic rings. The molecule has 0 aliphatic heterocycles. The third-order valence-electron chi connectivity index (χ3n) is 2.47. The van der Waals surface area contributed by atoms with Crippen molar-refractivity contribution in [3.63, 3.8) is 0 Å². The first-order valence-corrected chi connectivity index (χ1v) is 6.26. The molecule has 0 bridgehead atoms. The lowest BCUT2D eigenvalue weighted by molar-refractivity contribution is 0.309. The number of hydrogen-bond donors (Lipinski definition) is 0. The Bertz CT molecular complexity index is 512. The fraction of sp³-hybridized carbons (Fsp3) is 0.0667. The highest BCUT2D eigenvalue weighted by Crippen LogP contribution is 2.25. The Kier molecular flexibility index (Phi) is 3.78. The Morgan fingerprint density at radius 3 is 2.65 bits per heavy atom. The Labute approximate surface area is 106 Å². The molecule has 0 fully saturated rings. The van der Waals surface area contributed by atoms with Crippen molar-refractivity contribution in [2.24, 2.45) is 0 Å². The molecule has 0 aliphatic carbocycles.